The lowest BCUT2D eigenvalue weighted by molar-refractivity contribution is 0.103. The van der Waals surface area contributed by atoms with E-state index in [1.807, 2.05) is 6.07 Å². The minimum Gasteiger partial charge on any atom is -0.321 e. The van der Waals surface area contributed by atoms with Crippen LogP contribution < -0.4 is 5.32 Å². The molecule has 0 saturated heterocycles. The van der Waals surface area contributed by atoms with Gasteiger partial charge in [-0.1, -0.05) is 26.8 Å². The number of amides is 1. The summed E-state index contributed by atoms with van der Waals surface area (Å²) in [4.78, 5) is 14.8. The van der Waals surface area contributed by atoms with Crippen molar-refractivity contribution in [1.82, 2.24) is 0 Å². The average molecular weight is 392 g/mol. The molecule has 1 N–H and O–H groups in total. The number of hydrogen-bond donors (Lipinski definition) is 1. The van der Waals surface area contributed by atoms with E-state index in [1.165, 1.54) is 22.6 Å². The number of fused-ring (bicyclic) bond motifs is 1. The first-order valence-electron chi connectivity index (χ1n) is 8.77. The summed E-state index contributed by atoms with van der Waals surface area (Å²) in [5.41, 5.74) is 2.06. The second-order valence-corrected chi connectivity index (χ2v) is 11.3. The summed E-state index contributed by atoms with van der Waals surface area (Å²) >= 11 is 1.55. The van der Waals surface area contributed by atoms with E-state index < -0.39 is 9.84 Å². The normalized spacial score (nSPS) is 17.6. The van der Waals surface area contributed by atoms with Gasteiger partial charge in [-0.3, -0.25) is 4.79 Å². The van der Waals surface area contributed by atoms with Gasteiger partial charge in [0.05, 0.1) is 9.77 Å². The number of rotatable bonds is 3. The molecule has 2 aromatic rings. The summed E-state index contributed by atoms with van der Waals surface area (Å²) in [7, 11) is -3.30. The Morgan fingerprint density at radius 3 is 2.62 bits per heavy atom. The van der Waals surface area contributed by atoms with Gasteiger partial charge < -0.3 is 5.32 Å². The Balaban J connectivity index is 1.78. The molecule has 0 saturated carbocycles. The van der Waals surface area contributed by atoms with Crippen LogP contribution in [0, 0.1) is 11.3 Å². The minimum atomic E-state index is -3.30. The molecule has 0 fully saturated rings. The number of anilines is 1. The standard InChI is InChI=1S/C20H25NO3S2/c1-20(2,3)14-8-9-17-13(10-14)11-18(25-17)19(22)21-15-6-5-7-16(12-15)26(4,23)24/h5-7,11-12,14H,8-10H2,1-4H3,(H,21,22). The van der Waals surface area contributed by atoms with Crippen LogP contribution in [0.3, 0.4) is 0 Å². The van der Waals surface area contributed by atoms with Crippen molar-refractivity contribution < 1.29 is 13.2 Å². The van der Waals surface area contributed by atoms with Gasteiger partial charge in [0.15, 0.2) is 9.84 Å². The predicted octanol–water partition coefficient (Wildman–Crippen LogP) is 4.55. The Hall–Kier alpha value is -1.66. The number of nitrogens with one attached hydrogen (secondary N) is 1. The molecule has 140 valence electrons. The van der Waals surface area contributed by atoms with E-state index in [4.69, 9.17) is 0 Å². The molecule has 4 nitrogen and oxygen atoms in total. The fourth-order valence-corrected chi connectivity index (χ4v) is 5.14. The van der Waals surface area contributed by atoms with E-state index in [0.29, 0.717) is 16.5 Å². The summed E-state index contributed by atoms with van der Waals surface area (Å²) in [5, 5.41) is 2.83. The Bertz CT molecular complexity index is 936. The largest absolute Gasteiger partial charge is 0.321 e. The van der Waals surface area contributed by atoms with Crippen molar-refractivity contribution in [3.05, 3.63) is 45.6 Å². The number of carbonyl (C=O) groups is 1. The van der Waals surface area contributed by atoms with Crippen LogP contribution in [0.15, 0.2) is 35.2 Å². The van der Waals surface area contributed by atoms with E-state index in [9.17, 15) is 13.2 Å². The van der Waals surface area contributed by atoms with Crippen molar-refractivity contribution in [2.24, 2.45) is 11.3 Å². The topological polar surface area (TPSA) is 63.2 Å². The molecule has 6 heteroatoms. The molecule has 1 atom stereocenters. The molecule has 1 aromatic carbocycles. The van der Waals surface area contributed by atoms with Crippen LogP contribution >= 0.6 is 11.3 Å². The fraction of sp³-hybridized carbons (Fsp3) is 0.450. The maximum absolute atomic E-state index is 12.6. The molecular formula is C20H25NO3S2. The van der Waals surface area contributed by atoms with Gasteiger partial charge in [0.25, 0.3) is 5.91 Å². The van der Waals surface area contributed by atoms with E-state index in [-0.39, 0.29) is 16.2 Å². The number of hydrogen-bond acceptors (Lipinski definition) is 4. The fourth-order valence-electron chi connectivity index (χ4n) is 3.37. The smallest absolute Gasteiger partial charge is 0.265 e. The second kappa shape index (κ2) is 6.82. The zero-order valence-electron chi connectivity index (χ0n) is 15.6. The van der Waals surface area contributed by atoms with Crippen molar-refractivity contribution in [3.63, 3.8) is 0 Å². The first kappa shape index (κ1) is 19.1. The third-order valence-corrected chi connectivity index (χ3v) is 7.40. The van der Waals surface area contributed by atoms with Gasteiger partial charge in [0.2, 0.25) is 0 Å². The Kier molecular flexibility index (Phi) is 5.01. The first-order valence-corrected chi connectivity index (χ1v) is 11.5. The molecule has 3 rings (SSSR count). The summed E-state index contributed by atoms with van der Waals surface area (Å²) in [6.07, 6.45) is 4.37. The van der Waals surface area contributed by atoms with Crippen LogP contribution in [0.5, 0.6) is 0 Å². The Morgan fingerprint density at radius 2 is 1.96 bits per heavy atom. The number of thiophene rings is 1. The van der Waals surface area contributed by atoms with Gasteiger partial charge in [-0.05, 0) is 60.4 Å². The predicted molar refractivity (Wildman–Crippen MR) is 107 cm³/mol. The second-order valence-electron chi connectivity index (χ2n) is 8.12. The highest BCUT2D eigenvalue weighted by Crippen LogP contribution is 2.40. The molecule has 0 bridgehead atoms. The van der Waals surface area contributed by atoms with Crippen LogP contribution in [-0.2, 0) is 22.7 Å². The molecular weight excluding hydrogens is 366 g/mol. The van der Waals surface area contributed by atoms with Crippen LogP contribution in [-0.4, -0.2) is 20.6 Å². The SMILES string of the molecule is CC(C)(C)C1CCc2sc(C(=O)Nc3cccc(S(C)(=O)=O)c3)cc2C1. The number of sulfone groups is 1. The van der Waals surface area contributed by atoms with Crippen molar-refractivity contribution >= 4 is 32.8 Å². The first-order chi connectivity index (χ1) is 12.0. The highest BCUT2D eigenvalue weighted by Gasteiger charge is 2.30. The summed E-state index contributed by atoms with van der Waals surface area (Å²) in [6, 6.07) is 8.38. The van der Waals surface area contributed by atoms with E-state index in [0.717, 1.165) is 25.5 Å². The van der Waals surface area contributed by atoms with Gasteiger partial charge in [-0.15, -0.1) is 11.3 Å². The molecule has 1 aliphatic rings. The van der Waals surface area contributed by atoms with E-state index >= 15 is 0 Å². The monoisotopic (exact) mass is 391 g/mol. The maximum atomic E-state index is 12.6. The highest BCUT2D eigenvalue weighted by molar-refractivity contribution is 7.90. The average Bonchev–Trinajstić information content (AvgIpc) is 2.96. The zero-order valence-corrected chi connectivity index (χ0v) is 17.3. The Morgan fingerprint density at radius 1 is 1.23 bits per heavy atom. The summed E-state index contributed by atoms with van der Waals surface area (Å²) < 4.78 is 23.3. The highest BCUT2D eigenvalue weighted by atomic mass is 32.2. The van der Waals surface area contributed by atoms with Crippen molar-refractivity contribution in [2.45, 2.75) is 44.9 Å². The lowest BCUT2D eigenvalue weighted by Gasteiger charge is -2.33. The zero-order chi connectivity index (χ0) is 19.1. The lowest BCUT2D eigenvalue weighted by Crippen LogP contribution is -2.26. The molecule has 1 aliphatic carbocycles. The molecule has 1 aromatic heterocycles. The van der Waals surface area contributed by atoms with Crippen molar-refractivity contribution in [3.8, 4) is 0 Å². The molecule has 0 aliphatic heterocycles. The third-order valence-electron chi connectivity index (χ3n) is 5.05. The summed E-state index contributed by atoms with van der Waals surface area (Å²) in [6.45, 7) is 6.83. The summed E-state index contributed by atoms with van der Waals surface area (Å²) in [5.74, 6) is 0.453. The van der Waals surface area contributed by atoms with E-state index in [1.54, 1.807) is 23.5 Å². The van der Waals surface area contributed by atoms with Crippen LogP contribution in [0.2, 0.25) is 0 Å². The van der Waals surface area contributed by atoms with Gasteiger partial charge in [0, 0.05) is 16.8 Å². The van der Waals surface area contributed by atoms with Crippen LogP contribution in [0.25, 0.3) is 0 Å². The van der Waals surface area contributed by atoms with Gasteiger partial charge >= 0.3 is 0 Å². The van der Waals surface area contributed by atoms with Gasteiger partial charge in [-0.25, -0.2) is 8.42 Å². The van der Waals surface area contributed by atoms with Crippen molar-refractivity contribution in [1.29, 1.82) is 0 Å². The molecule has 1 heterocycles. The third kappa shape index (κ3) is 4.18. The number of benzene rings is 1. The lowest BCUT2D eigenvalue weighted by atomic mass is 9.72. The van der Waals surface area contributed by atoms with Crippen molar-refractivity contribution in [2.75, 3.05) is 11.6 Å². The minimum absolute atomic E-state index is 0.178. The quantitative estimate of drug-likeness (QED) is 0.834. The molecule has 0 radical (unpaired) electrons. The maximum Gasteiger partial charge on any atom is 0.265 e. The molecule has 1 unspecified atom stereocenters. The molecule has 0 spiro atoms. The van der Waals surface area contributed by atoms with Crippen LogP contribution in [0.4, 0.5) is 5.69 Å². The molecule has 1 amide bonds. The van der Waals surface area contributed by atoms with Crippen LogP contribution in [0.1, 0.15) is 47.3 Å². The number of aryl methyl sites for hydroxylation is 1. The van der Waals surface area contributed by atoms with Gasteiger partial charge in [0.1, 0.15) is 0 Å². The number of carbonyl (C=O) groups excluding carboxylic acids is 1. The van der Waals surface area contributed by atoms with E-state index in [2.05, 4.69) is 26.1 Å². The molecule has 26 heavy (non-hydrogen) atoms. The Labute approximate surface area is 159 Å². The van der Waals surface area contributed by atoms with Gasteiger partial charge in [-0.2, -0.15) is 0 Å².